The Bertz CT molecular complexity index is 1160. The number of rotatable bonds is 6. The fourth-order valence-corrected chi connectivity index (χ4v) is 3.00. The van der Waals surface area contributed by atoms with Gasteiger partial charge in [0.15, 0.2) is 5.82 Å². The van der Waals surface area contributed by atoms with Crippen LogP contribution in [0.3, 0.4) is 0 Å². The van der Waals surface area contributed by atoms with Crippen molar-refractivity contribution in [2.24, 2.45) is 0 Å². The molecule has 30 heavy (non-hydrogen) atoms. The van der Waals surface area contributed by atoms with E-state index in [1.165, 1.54) is 18.2 Å². The van der Waals surface area contributed by atoms with Crippen molar-refractivity contribution < 1.29 is 8.78 Å². The quantitative estimate of drug-likeness (QED) is 0.371. The Labute approximate surface area is 171 Å². The first-order chi connectivity index (χ1) is 14.5. The standard InChI is InChI=1S/C21H19F2N7/c1-12(13-6-8-14(22)9-7-13)25-18-11-19(28-21(24)27-18)26-20-10-17(29-30-20)15-4-2-3-5-16(15)23/h2-12H,1H3,(H5,24,25,26,27,28,29,30). The zero-order valence-electron chi connectivity index (χ0n) is 16.0. The fraction of sp³-hybridized carbons (Fsp3) is 0.0952. The van der Waals surface area contributed by atoms with Gasteiger partial charge >= 0.3 is 0 Å². The van der Waals surface area contributed by atoms with E-state index < -0.39 is 0 Å². The lowest BCUT2D eigenvalue weighted by atomic mass is 10.1. The number of hydrogen-bond donors (Lipinski definition) is 4. The molecule has 1 atom stereocenters. The van der Waals surface area contributed by atoms with Crippen LogP contribution in [0.5, 0.6) is 0 Å². The number of halogens is 2. The number of nitrogens with two attached hydrogens (primary N) is 1. The summed E-state index contributed by atoms with van der Waals surface area (Å²) in [7, 11) is 0. The van der Waals surface area contributed by atoms with Crippen LogP contribution < -0.4 is 16.4 Å². The minimum Gasteiger partial charge on any atom is -0.368 e. The summed E-state index contributed by atoms with van der Waals surface area (Å²) in [6.07, 6.45) is 0. The Morgan fingerprint density at radius 3 is 2.43 bits per heavy atom. The Balaban J connectivity index is 1.51. The van der Waals surface area contributed by atoms with Crippen molar-refractivity contribution in [3.05, 3.63) is 77.9 Å². The van der Waals surface area contributed by atoms with Crippen LogP contribution in [0.15, 0.2) is 60.7 Å². The zero-order chi connectivity index (χ0) is 21.1. The second-order valence-corrected chi connectivity index (χ2v) is 6.69. The van der Waals surface area contributed by atoms with Gasteiger partial charge in [0.2, 0.25) is 5.95 Å². The van der Waals surface area contributed by atoms with Crippen LogP contribution in [0.25, 0.3) is 11.3 Å². The van der Waals surface area contributed by atoms with Gasteiger partial charge in [0.05, 0.1) is 5.69 Å². The number of hydrogen-bond acceptors (Lipinski definition) is 6. The highest BCUT2D eigenvalue weighted by atomic mass is 19.1. The molecule has 0 amide bonds. The molecule has 0 radical (unpaired) electrons. The van der Waals surface area contributed by atoms with Gasteiger partial charge in [0, 0.05) is 23.7 Å². The molecule has 0 saturated carbocycles. The van der Waals surface area contributed by atoms with Crippen LogP contribution in [0.4, 0.5) is 32.2 Å². The molecule has 4 aromatic rings. The van der Waals surface area contributed by atoms with E-state index in [1.807, 2.05) is 6.92 Å². The number of nitrogens with zero attached hydrogens (tertiary/aromatic N) is 3. The van der Waals surface area contributed by atoms with Crippen molar-refractivity contribution in [2.75, 3.05) is 16.4 Å². The van der Waals surface area contributed by atoms with Crippen LogP contribution >= 0.6 is 0 Å². The third kappa shape index (κ3) is 4.35. The Kier molecular flexibility index (Phi) is 5.25. The largest absolute Gasteiger partial charge is 0.368 e. The molecule has 0 aliphatic rings. The molecule has 0 saturated heterocycles. The molecule has 0 aliphatic heterocycles. The van der Waals surface area contributed by atoms with Gasteiger partial charge in [0.1, 0.15) is 23.3 Å². The number of nitrogens with one attached hydrogen (secondary N) is 3. The third-order valence-electron chi connectivity index (χ3n) is 4.48. The summed E-state index contributed by atoms with van der Waals surface area (Å²) in [5.41, 5.74) is 7.67. The smallest absolute Gasteiger partial charge is 0.223 e. The fourth-order valence-electron chi connectivity index (χ4n) is 3.00. The minimum absolute atomic E-state index is 0.0682. The summed E-state index contributed by atoms with van der Waals surface area (Å²) in [4.78, 5) is 8.34. The third-order valence-corrected chi connectivity index (χ3v) is 4.48. The molecule has 0 spiro atoms. The second kappa shape index (κ2) is 8.16. The molecule has 2 aromatic heterocycles. The van der Waals surface area contributed by atoms with Crippen molar-refractivity contribution in [1.82, 2.24) is 20.2 Å². The number of anilines is 4. The molecule has 0 bridgehead atoms. The predicted molar refractivity (Wildman–Crippen MR) is 112 cm³/mol. The first-order valence-electron chi connectivity index (χ1n) is 9.22. The highest BCUT2D eigenvalue weighted by Gasteiger charge is 2.11. The van der Waals surface area contributed by atoms with E-state index in [1.54, 1.807) is 42.5 Å². The van der Waals surface area contributed by atoms with Crippen LogP contribution in [0.2, 0.25) is 0 Å². The molecule has 2 aromatic carbocycles. The lowest BCUT2D eigenvalue weighted by Crippen LogP contribution is -2.10. The minimum atomic E-state index is -0.347. The van der Waals surface area contributed by atoms with E-state index in [9.17, 15) is 8.78 Å². The highest BCUT2D eigenvalue weighted by molar-refractivity contribution is 5.66. The Morgan fingerprint density at radius 2 is 1.67 bits per heavy atom. The van der Waals surface area contributed by atoms with Gasteiger partial charge < -0.3 is 16.4 Å². The monoisotopic (exact) mass is 407 g/mol. The van der Waals surface area contributed by atoms with Crippen LogP contribution in [0.1, 0.15) is 18.5 Å². The van der Waals surface area contributed by atoms with E-state index in [4.69, 9.17) is 5.73 Å². The van der Waals surface area contributed by atoms with Crippen LogP contribution in [-0.4, -0.2) is 20.2 Å². The van der Waals surface area contributed by atoms with Gasteiger partial charge in [0.25, 0.3) is 0 Å². The topological polar surface area (TPSA) is 105 Å². The maximum absolute atomic E-state index is 14.0. The highest BCUT2D eigenvalue weighted by Crippen LogP contribution is 2.25. The van der Waals surface area contributed by atoms with Gasteiger partial charge in [-0.3, -0.25) is 5.10 Å². The molecular weight excluding hydrogens is 388 g/mol. The van der Waals surface area contributed by atoms with Gasteiger partial charge in [-0.1, -0.05) is 24.3 Å². The average Bonchev–Trinajstić information content (AvgIpc) is 3.16. The van der Waals surface area contributed by atoms with Crippen molar-refractivity contribution >= 4 is 23.4 Å². The molecule has 2 heterocycles. The summed E-state index contributed by atoms with van der Waals surface area (Å²) >= 11 is 0. The summed E-state index contributed by atoms with van der Waals surface area (Å²) in [5.74, 6) is 0.787. The van der Waals surface area contributed by atoms with E-state index in [2.05, 4.69) is 30.8 Å². The Morgan fingerprint density at radius 1 is 0.933 bits per heavy atom. The lowest BCUT2D eigenvalue weighted by molar-refractivity contribution is 0.626. The maximum atomic E-state index is 14.0. The van der Waals surface area contributed by atoms with Crippen molar-refractivity contribution in [2.45, 2.75) is 13.0 Å². The van der Waals surface area contributed by atoms with Gasteiger partial charge in [-0.05, 0) is 36.8 Å². The van der Waals surface area contributed by atoms with Crippen molar-refractivity contribution in [3.8, 4) is 11.3 Å². The second-order valence-electron chi connectivity index (χ2n) is 6.69. The maximum Gasteiger partial charge on any atom is 0.223 e. The first kappa shape index (κ1) is 19.3. The average molecular weight is 407 g/mol. The molecule has 9 heteroatoms. The number of benzene rings is 2. The van der Waals surface area contributed by atoms with E-state index >= 15 is 0 Å². The number of nitrogen functional groups attached to an aromatic ring is 1. The van der Waals surface area contributed by atoms with Gasteiger partial charge in [-0.15, -0.1) is 0 Å². The number of aromatic nitrogens is 4. The molecule has 4 rings (SSSR count). The summed E-state index contributed by atoms with van der Waals surface area (Å²) < 4.78 is 27.1. The zero-order valence-corrected chi connectivity index (χ0v) is 16.0. The van der Waals surface area contributed by atoms with Gasteiger partial charge in [-0.25, -0.2) is 8.78 Å². The van der Waals surface area contributed by atoms with E-state index in [0.29, 0.717) is 28.7 Å². The SMILES string of the molecule is CC(Nc1cc(Nc2cc(-c3ccccc3F)[nH]n2)nc(N)n1)c1ccc(F)cc1. The molecule has 152 valence electrons. The lowest BCUT2D eigenvalue weighted by Gasteiger charge is -2.16. The number of H-pyrrole nitrogens is 1. The van der Waals surface area contributed by atoms with E-state index in [-0.39, 0.29) is 23.6 Å². The molecule has 5 N–H and O–H groups in total. The summed E-state index contributed by atoms with van der Waals surface area (Å²) in [6.45, 7) is 1.92. The molecule has 7 nitrogen and oxygen atoms in total. The number of aromatic amines is 1. The molecule has 1 unspecified atom stereocenters. The van der Waals surface area contributed by atoms with Crippen molar-refractivity contribution in [1.29, 1.82) is 0 Å². The summed E-state index contributed by atoms with van der Waals surface area (Å²) in [6, 6.07) is 15.8. The predicted octanol–water partition coefficient (Wildman–Crippen LogP) is 4.64. The van der Waals surface area contributed by atoms with Crippen LogP contribution in [-0.2, 0) is 0 Å². The Hall–Kier alpha value is -4.01. The molecule has 0 aliphatic carbocycles. The molecule has 0 fully saturated rings. The summed E-state index contributed by atoms with van der Waals surface area (Å²) in [5, 5.41) is 13.2. The van der Waals surface area contributed by atoms with Crippen LogP contribution in [0, 0.1) is 11.6 Å². The molecular formula is C21H19F2N7. The first-order valence-corrected chi connectivity index (χ1v) is 9.22. The van der Waals surface area contributed by atoms with Crippen molar-refractivity contribution in [3.63, 3.8) is 0 Å². The van der Waals surface area contributed by atoms with E-state index in [0.717, 1.165) is 5.56 Å². The normalized spacial score (nSPS) is 11.8. The van der Waals surface area contributed by atoms with Gasteiger partial charge in [-0.2, -0.15) is 15.1 Å².